The minimum Gasteiger partial charge on any atom is -0.462 e. The maximum Gasteiger partial charge on any atom is 0.338 e. The van der Waals surface area contributed by atoms with Gasteiger partial charge in [-0.15, -0.1) is 0 Å². The molecule has 1 saturated heterocycles. The van der Waals surface area contributed by atoms with Gasteiger partial charge < -0.3 is 19.9 Å². The van der Waals surface area contributed by atoms with Gasteiger partial charge in [0.25, 0.3) is 5.91 Å². The van der Waals surface area contributed by atoms with Crippen LogP contribution in [0.3, 0.4) is 0 Å². The molecule has 1 aliphatic rings. The summed E-state index contributed by atoms with van der Waals surface area (Å²) in [7, 11) is 0. The lowest BCUT2D eigenvalue weighted by molar-refractivity contribution is -0.118. The van der Waals surface area contributed by atoms with Crippen molar-refractivity contribution in [2.45, 2.75) is 6.92 Å². The lowest BCUT2D eigenvalue weighted by Gasteiger charge is -2.33. The molecule has 1 aliphatic heterocycles. The molecule has 0 atom stereocenters. The third-order valence-electron chi connectivity index (χ3n) is 4.31. The van der Waals surface area contributed by atoms with Gasteiger partial charge in [-0.2, -0.15) is 0 Å². The molecule has 1 N–H and O–H groups in total. The second-order valence-corrected chi connectivity index (χ2v) is 6.14. The van der Waals surface area contributed by atoms with Gasteiger partial charge >= 0.3 is 5.97 Å². The highest BCUT2D eigenvalue weighted by atomic mass is 16.5. The number of aromatic nitrogens is 2. The maximum absolute atomic E-state index is 12.3. The van der Waals surface area contributed by atoms with Gasteiger partial charge in [-0.1, -0.05) is 0 Å². The third kappa shape index (κ3) is 4.61. The predicted molar refractivity (Wildman–Crippen MR) is 102 cm³/mol. The average Bonchev–Trinajstić information content (AvgIpc) is 2.74. The van der Waals surface area contributed by atoms with E-state index in [1.807, 2.05) is 4.90 Å². The molecule has 2 aromatic rings. The molecule has 3 rings (SSSR count). The van der Waals surface area contributed by atoms with Gasteiger partial charge in [-0.3, -0.25) is 9.59 Å². The quantitative estimate of drug-likeness (QED) is 0.590. The number of amides is 2. The Kier molecular flexibility index (Phi) is 6.15. The van der Waals surface area contributed by atoms with Crippen LogP contribution in [0.5, 0.6) is 0 Å². The van der Waals surface area contributed by atoms with E-state index in [0.29, 0.717) is 49.9 Å². The summed E-state index contributed by atoms with van der Waals surface area (Å²) < 4.78 is 4.92. The number of carbonyl (C=O) groups is 3. The van der Waals surface area contributed by atoms with Crippen molar-refractivity contribution in [3.63, 3.8) is 0 Å². The average molecular weight is 383 g/mol. The van der Waals surface area contributed by atoms with Gasteiger partial charge in [0.2, 0.25) is 6.41 Å². The molecule has 0 aliphatic carbocycles. The topological polar surface area (TPSA) is 105 Å². The Morgan fingerprint density at radius 2 is 1.82 bits per heavy atom. The van der Waals surface area contributed by atoms with E-state index in [-0.39, 0.29) is 5.69 Å². The third-order valence-corrected chi connectivity index (χ3v) is 4.31. The van der Waals surface area contributed by atoms with Crippen LogP contribution in [0.4, 0.5) is 11.5 Å². The number of carbonyl (C=O) groups excluding carboxylic acids is 3. The van der Waals surface area contributed by atoms with Gasteiger partial charge in [0, 0.05) is 31.9 Å². The summed E-state index contributed by atoms with van der Waals surface area (Å²) in [6.07, 6.45) is 3.81. The summed E-state index contributed by atoms with van der Waals surface area (Å²) in [5.41, 5.74) is 1.14. The number of hydrogen-bond donors (Lipinski definition) is 1. The summed E-state index contributed by atoms with van der Waals surface area (Å²) in [4.78, 5) is 47.0. The van der Waals surface area contributed by atoms with E-state index in [4.69, 9.17) is 4.74 Å². The SMILES string of the molecule is CCOC(=O)c1ccc(NC(=O)c2cnc(N3CCN(C=O)CC3)cn2)cc1. The van der Waals surface area contributed by atoms with Crippen molar-refractivity contribution in [2.75, 3.05) is 43.0 Å². The largest absolute Gasteiger partial charge is 0.462 e. The molecule has 9 heteroatoms. The van der Waals surface area contributed by atoms with E-state index in [9.17, 15) is 14.4 Å². The van der Waals surface area contributed by atoms with Crippen molar-refractivity contribution in [1.29, 1.82) is 0 Å². The van der Waals surface area contributed by atoms with Crippen molar-refractivity contribution < 1.29 is 19.1 Å². The number of esters is 1. The number of hydrogen-bond acceptors (Lipinski definition) is 7. The van der Waals surface area contributed by atoms with Crippen LogP contribution in [-0.4, -0.2) is 65.9 Å². The first-order valence-corrected chi connectivity index (χ1v) is 8.95. The van der Waals surface area contributed by atoms with Crippen LogP contribution in [0.25, 0.3) is 0 Å². The van der Waals surface area contributed by atoms with Crippen LogP contribution in [-0.2, 0) is 9.53 Å². The summed E-state index contributed by atoms with van der Waals surface area (Å²) in [5, 5.41) is 2.72. The molecule has 0 unspecified atom stereocenters. The number of benzene rings is 1. The fourth-order valence-corrected chi connectivity index (χ4v) is 2.76. The van der Waals surface area contributed by atoms with Crippen molar-refractivity contribution in [2.24, 2.45) is 0 Å². The van der Waals surface area contributed by atoms with Gasteiger partial charge in [0.1, 0.15) is 11.5 Å². The molecule has 0 saturated carbocycles. The lowest BCUT2D eigenvalue weighted by atomic mass is 10.2. The van der Waals surface area contributed by atoms with Gasteiger partial charge in [-0.25, -0.2) is 14.8 Å². The minimum absolute atomic E-state index is 0.185. The van der Waals surface area contributed by atoms with Gasteiger partial charge in [0.05, 0.1) is 24.6 Å². The van der Waals surface area contributed by atoms with Crippen LogP contribution in [0.2, 0.25) is 0 Å². The first-order chi connectivity index (χ1) is 13.6. The van der Waals surface area contributed by atoms with Crippen LogP contribution < -0.4 is 10.2 Å². The number of nitrogens with one attached hydrogen (secondary N) is 1. The Labute approximate surface area is 162 Å². The predicted octanol–water partition coefficient (Wildman–Crippen LogP) is 1.18. The number of anilines is 2. The standard InChI is InChI=1S/C19H21N5O4/c1-2-28-19(27)14-3-5-15(6-4-14)22-18(26)16-11-21-17(12-20-16)24-9-7-23(13-25)8-10-24/h3-6,11-13H,2,7-10H2,1H3,(H,22,26). The molecule has 1 aromatic heterocycles. The summed E-state index contributed by atoms with van der Waals surface area (Å²) in [6.45, 7) is 4.66. The zero-order chi connectivity index (χ0) is 19.9. The first kappa shape index (κ1) is 19.3. The number of piperazine rings is 1. The van der Waals surface area contributed by atoms with Crippen molar-refractivity contribution in [1.82, 2.24) is 14.9 Å². The Morgan fingerprint density at radius 3 is 2.39 bits per heavy atom. The highest BCUT2D eigenvalue weighted by molar-refractivity contribution is 6.03. The van der Waals surface area contributed by atoms with E-state index < -0.39 is 11.9 Å². The molecular weight excluding hydrogens is 362 g/mol. The minimum atomic E-state index is -0.407. The molecule has 146 valence electrons. The summed E-state index contributed by atoms with van der Waals surface area (Å²) in [6, 6.07) is 6.42. The van der Waals surface area contributed by atoms with Crippen LogP contribution in [0, 0.1) is 0 Å². The highest BCUT2D eigenvalue weighted by Crippen LogP contribution is 2.14. The zero-order valence-electron chi connectivity index (χ0n) is 15.5. The molecule has 2 amide bonds. The van der Waals surface area contributed by atoms with E-state index in [0.717, 1.165) is 6.41 Å². The zero-order valence-corrected chi connectivity index (χ0v) is 15.5. The second kappa shape index (κ2) is 8.94. The van der Waals surface area contributed by atoms with Crippen molar-refractivity contribution in [3.05, 3.63) is 47.9 Å². The Hall–Kier alpha value is -3.49. The first-order valence-electron chi connectivity index (χ1n) is 8.95. The number of rotatable bonds is 6. The van der Waals surface area contributed by atoms with E-state index in [2.05, 4.69) is 15.3 Å². The van der Waals surface area contributed by atoms with Crippen LogP contribution in [0.15, 0.2) is 36.7 Å². The Balaban J connectivity index is 1.59. The fraction of sp³-hybridized carbons (Fsp3) is 0.316. The fourth-order valence-electron chi connectivity index (χ4n) is 2.76. The Morgan fingerprint density at radius 1 is 1.11 bits per heavy atom. The normalized spacial score (nSPS) is 13.8. The molecule has 1 aromatic carbocycles. The summed E-state index contributed by atoms with van der Waals surface area (Å²) in [5.74, 6) is -0.134. The highest BCUT2D eigenvalue weighted by Gasteiger charge is 2.18. The van der Waals surface area contributed by atoms with Gasteiger partial charge in [-0.05, 0) is 31.2 Å². The molecule has 0 spiro atoms. The smallest absolute Gasteiger partial charge is 0.338 e. The summed E-state index contributed by atoms with van der Waals surface area (Å²) >= 11 is 0. The monoisotopic (exact) mass is 383 g/mol. The molecular formula is C19H21N5O4. The van der Waals surface area contributed by atoms with E-state index >= 15 is 0 Å². The lowest BCUT2D eigenvalue weighted by Crippen LogP contribution is -2.46. The molecule has 0 bridgehead atoms. The maximum atomic E-state index is 12.3. The van der Waals surface area contributed by atoms with E-state index in [1.54, 1.807) is 42.3 Å². The molecule has 28 heavy (non-hydrogen) atoms. The molecule has 0 radical (unpaired) electrons. The number of ether oxygens (including phenoxy) is 1. The van der Waals surface area contributed by atoms with Crippen LogP contribution in [0.1, 0.15) is 27.8 Å². The number of nitrogens with zero attached hydrogens (tertiary/aromatic N) is 4. The van der Waals surface area contributed by atoms with Crippen molar-refractivity contribution in [3.8, 4) is 0 Å². The molecule has 1 fully saturated rings. The second-order valence-electron chi connectivity index (χ2n) is 6.14. The van der Waals surface area contributed by atoms with Gasteiger partial charge in [0.15, 0.2) is 0 Å². The molecule has 2 heterocycles. The molecule has 9 nitrogen and oxygen atoms in total. The van der Waals surface area contributed by atoms with Crippen molar-refractivity contribution >= 4 is 29.8 Å². The Bertz CT molecular complexity index is 830. The van der Waals surface area contributed by atoms with E-state index in [1.165, 1.54) is 6.20 Å². The van der Waals surface area contributed by atoms with Crippen LogP contribution >= 0.6 is 0 Å².